The van der Waals surface area contributed by atoms with Crippen LogP contribution >= 0.6 is 0 Å². The van der Waals surface area contributed by atoms with E-state index in [0.717, 1.165) is 44.3 Å². The summed E-state index contributed by atoms with van der Waals surface area (Å²) in [5, 5.41) is 12.8. The SMILES string of the molecule is C/C(=C\C=C\C(C)COC(=O)N1CC[C@@H](O)C1)[C@H]1NC(=O)CCCCC[C@@H](OC(=O)N2CCN(C)CC2)/C=C/[C@@H]1C. The second-order valence-corrected chi connectivity index (χ2v) is 11.8. The summed E-state index contributed by atoms with van der Waals surface area (Å²) in [6, 6.07) is -0.202. The predicted octanol–water partition coefficient (Wildman–Crippen LogP) is 3.72. The zero-order valence-electron chi connectivity index (χ0n) is 25.3. The van der Waals surface area contributed by atoms with Crippen LogP contribution in [0, 0.1) is 11.8 Å². The average molecular weight is 575 g/mol. The fourth-order valence-electron chi connectivity index (χ4n) is 5.27. The molecule has 230 valence electrons. The van der Waals surface area contributed by atoms with Crippen molar-refractivity contribution >= 4 is 18.1 Å². The van der Waals surface area contributed by atoms with E-state index < -0.39 is 12.2 Å². The Bertz CT molecular complexity index is 958. The largest absolute Gasteiger partial charge is 0.449 e. The number of ether oxygens (including phenoxy) is 2. The molecule has 0 spiro atoms. The standard InChI is InChI=1S/C31H50N4O6/c1-23(22-40-30(38)35-16-15-26(36)21-35)9-8-10-24(2)29-25(3)13-14-27(11-6-5-7-12-28(37)32-29)41-31(39)34-19-17-33(4)18-20-34/h8-10,13-14,23,25-27,29,36H,5-7,11-12,15-22H2,1-4H3,(H,32,37)/b9-8+,14-13+,24-10+/t23?,25-,26+,27+,29+/m0/s1. The first kappa shape index (κ1) is 32.7. The number of rotatable bonds is 6. The summed E-state index contributed by atoms with van der Waals surface area (Å²) >= 11 is 0. The Kier molecular flexibility index (Phi) is 13.2. The molecule has 0 aromatic carbocycles. The van der Waals surface area contributed by atoms with Gasteiger partial charge in [-0.25, -0.2) is 9.59 Å². The lowest BCUT2D eigenvalue weighted by atomic mass is 9.92. The quantitative estimate of drug-likeness (QED) is 0.367. The Morgan fingerprint density at radius 2 is 1.83 bits per heavy atom. The van der Waals surface area contributed by atoms with E-state index in [1.807, 2.05) is 44.2 Å². The molecule has 0 bridgehead atoms. The van der Waals surface area contributed by atoms with Crippen LogP contribution < -0.4 is 5.32 Å². The van der Waals surface area contributed by atoms with Gasteiger partial charge in [0.05, 0.1) is 18.8 Å². The molecule has 3 amide bonds. The molecule has 10 nitrogen and oxygen atoms in total. The first-order valence-corrected chi connectivity index (χ1v) is 15.2. The molecule has 0 aliphatic carbocycles. The maximum atomic E-state index is 12.8. The van der Waals surface area contributed by atoms with Crippen LogP contribution in [0.5, 0.6) is 0 Å². The number of nitrogens with zero attached hydrogens (tertiary/aromatic N) is 3. The van der Waals surface area contributed by atoms with Crippen LogP contribution in [-0.4, -0.2) is 109 Å². The summed E-state index contributed by atoms with van der Waals surface area (Å²) in [7, 11) is 2.06. The molecule has 0 aromatic rings. The van der Waals surface area contributed by atoms with Crippen LogP contribution in [0.4, 0.5) is 9.59 Å². The van der Waals surface area contributed by atoms with Crippen LogP contribution in [0.3, 0.4) is 0 Å². The first-order chi connectivity index (χ1) is 19.6. The number of carbonyl (C=O) groups is 3. The molecule has 2 N–H and O–H groups in total. The molecule has 0 radical (unpaired) electrons. The maximum absolute atomic E-state index is 12.8. The first-order valence-electron chi connectivity index (χ1n) is 15.2. The number of β-amino-alcohol motifs (C(OH)–C–C–N with tert-alkyl or cyclic N) is 1. The number of amides is 3. The molecular weight excluding hydrogens is 524 g/mol. The molecule has 3 aliphatic heterocycles. The van der Waals surface area contributed by atoms with E-state index in [1.165, 1.54) is 4.90 Å². The molecule has 41 heavy (non-hydrogen) atoms. The number of carbonyl (C=O) groups excluding carboxylic acids is 3. The van der Waals surface area contributed by atoms with Crippen LogP contribution in [0.25, 0.3) is 0 Å². The van der Waals surface area contributed by atoms with Crippen molar-refractivity contribution in [1.82, 2.24) is 20.0 Å². The fraction of sp³-hybridized carbons (Fsp3) is 0.710. The monoisotopic (exact) mass is 574 g/mol. The summed E-state index contributed by atoms with van der Waals surface area (Å²) in [4.78, 5) is 43.2. The van der Waals surface area contributed by atoms with Crippen molar-refractivity contribution in [1.29, 1.82) is 0 Å². The van der Waals surface area contributed by atoms with Gasteiger partial charge in [-0.2, -0.15) is 0 Å². The maximum Gasteiger partial charge on any atom is 0.410 e. The smallest absolute Gasteiger partial charge is 0.410 e. The molecule has 2 fully saturated rings. The Hall–Kier alpha value is -2.85. The van der Waals surface area contributed by atoms with Crippen molar-refractivity contribution in [3.05, 3.63) is 36.0 Å². The molecule has 2 saturated heterocycles. The molecular formula is C31H50N4O6. The third-order valence-electron chi connectivity index (χ3n) is 8.06. The topological polar surface area (TPSA) is 112 Å². The zero-order valence-corrected chi connectivity index (χ0v) is 25.3. The van der Waals surface area contributed by atoms with E-state index in [1.54, 1.807) is 4.90 Å². The third kappa shape index (κ3) is 11.2. The van der Waals surface area contributed by atoms with E-state index in [4.69, 9.17) is 9.47 Å². The van der Waals surface area contributed by atoms with Gasteiger partial charge in [-0.3, -0.25) is 4.79 Å². The number of nitrogens with one attached hydrogen (secondary N) is 1. The number of hydrogen-bond donors (Lipinski definition) is 2. The number of likely N-dealkylation sites (N-methyl/N-ethyl adjacent to an activating group) is 1. The van der Waals surface area contributed by atoms with E-state index in [0.29, 0.717) is 39.0 Å². The van der Waals surface area contributed by atoms with E-state index in [9.17, 15) is 19.5 Å². The van der Waals surface area contributed by atoms with Crippen LogP contribution in [0.15, 0.2) is 36.0 Å². The summed E-state index contributed by atoms with van der Waals surface area (Å²) < 4.78 is 11.3. The summed E-state index contributed by atoms with van der Waals surface area (Å²) in [6.07, 6.45) is 12.9. The second-order valence-electron chi connectivity index (χ2n) is 11.8. The summed E-state index contributed by atoms with van der Waals surface area (Å²) in [5.41, 5.74) is 1.00. The molecule has 3 heterocycles. The Labute approximate surface area is 245 Å². The highest BCUT2D eigenvalue weighted by atomic mass is 16.6. The minimum Gasteiger partial charge on any atom is -0.449 e. The lowest BCUT2D eigenvalue weighted by molar-refractivity contribution is -0.121. The van der Waals surface area contributed by atoms with E-state index in [2.05, 4.69) is 24.2 Å². The van der Waals surface area contributed by atoms with Crippen LogP contribution in [-0.2, 0) is 14.3 Å². The number of aliphatic hydroxyl groups excluding tert-OH is 1. The van der Waals surface area contributed by atoms with Crippen molar-refractivity contribution in [2.24, 2.45) is 11.8 Å². The van der Waals surface area contributed by atoms with Crippen molar-refractivity contribution in [3.8, 4) is 0 Å². The minimum absolute atomic E-state index is 0.00879. The van der Waals surface area contributed by atoms with Crippen molar-refractivity contribution < 1.29 is 29.0 Å². The van der Waals surface area contributed by atoms with E-state index in [-0.39, 0.29) is 42.6 Å². The Balaban J connectivity index is 1.59. The number of aliphatic hydroxyl groups is 1. The van der Waals surface area contributed by atoms with Gasteiger partial charge in [0.2, 0.25) is 5.91 Å². The van der Waals surface area contributed by atoms with Gasteiger partial charge in [-0.1, -0.05) is 50.1 Å². The highest BCUT2D eigenvalue weighted by Gasteiger charge is 2.26. The Morgan fingerprint density at radius 3 is 2.54 bits per heavy atom. The minimum atomic E-state index is -0.468. The zero-order chi connectivity index (χ0) is 29.8. The Morgan fingerprint density at radius 1 is 1.07 bits per heavy atom. The highest BCUT2D eigenvalue weighted by molar-refractivity contribution is 5.76. The molecule has 1 unspecified atom stereocenters. The molecule has 0 aromatic heterocycles. The van der Waals surface area contributed by atoms with Gasteiger partial charge >= 0.3 is 12.2 Å². The number of likely N-dealkylation sites (tertiary alicyclic amines) is 1. The normalized spacial score (nSPS) is 28.9. The van der Waals surface area contributed by atoms with Crippen molar-refractivity contribution in [2.45, 2.75) is 77.5 Å². The highest BCUT2D eigenvalue weighted by Crippen LogP contribution is 2.20. The number of allylic oxidation sites excluding steroid dienone is 2. The number of piperazine rings is 1. The predicted molar refractivity (Wildman–Crippen MR) is 158 cm³/mol. The molecule has 10 heteroatoms. The summed E-state index contributed by atoms with van der Waals surface area (Å²) in [5.74, 6) is 0.0365. The fourth-order valence-corrected chi connectivity index (χ4v) is 5.27. The summed E-state index contributed by atoms with van der Waals surface area (Å²) in [6.45, 7) is 10.2. The van der Waals surface area contributed by atoms with Gasteiger partial charge in [0, 0.05) is 51.6 Å². The van der Waals surface area contributed by atoms with Gasteiger partial charge in [-0.05, 0) is 51.6 Å². The van der Waals surface area contributed by atoms with Gasteiger partial charge in [0.15, 0.2) is 0 Å². The second kappa shape index (κ2) is 16.6. The molecule has 5 atom stereocenters. The van der Waals surface area contributed by atoms with Crippen molar-refractivity contribution in [3.63, 3.8) is 0 Å². The van der Waals surface area contributed by atoms with Gasteiger partial charge in [0.25, 0.3) is 0 Å². The van der Waals surface area contributed by atoms with E-state index >= 15 is 0 Å². The molecule has 0 saturated carbocycles. The lowest BCUT2D eigenvalue weighted by Gasteiger charge is -2.32. The van der Waals surface area contributed by atoms with Crippen LogP contribution in [0.1, 0.15) is 59.3 Å². The van der Waals surface area contributed by atoms with Gasteiger partial charge in [0.1, 0.15) is 6.10 Å². The molecule has 3 aliphatic rings. The molecule has 3 rings (SSSR count). The number of hydrogen-bond acceptors (Lipinski definition) is 7. The van der Waals surface area contributed by atoms with Crippen molar-refractivity contribution in [2.75, 3.05) is 52.9 Å². The van der Waals surface area contributed by atoms with Gasteiger partial charge in [-0.15, -0.1) is 0 Å². The average Bonchev–Trinajstić information content (AvgIpc) is 3.38. The lowest BCUT2D eigenvalue weighted by Crippen LogP contribution is -2.47. The van der Waals surface area contributed by atoms with Gasteiger partial charge < -0.3 is 34.6 Å². The third-order valence-corrected chi connectivity index (χ3v) is 8.06. The van der Waals surface area contributed by atoms with Crippen LogP contribution in [0.2, 0.25) is 0 Å².